The quantitative estimate of drug-likeness (QED) is 0.892. The molecule has 5 nitrogen and oxygen atoms in total. The molecule has 0 spiro atoms. The minimum Gasteiger partial charge on any atom is -0.280 e. The second-order valence-corrected chi connectivity index (χ2v) is 9.34. The summed E-state index contributed by atoms with van der Waals surface area (Å²) in [5.74, 6) is 0. The van der Waals surface area contributed by atoms with Gasteiger partial charge < -0.3 is 0 Å². The smallest absolute Gasteiger partial charge is 0.263 e. The van der Waals surface area contributed by atoms with Crippen molar-refractivity contribution in [2.24, 2.45) is 0 Å². The van der Waals surface area contributed by atoms with Gasteiger partial charge in [-0.1, -0.05) is 17.7 Å². The van der Waals surface area contributed by atoms with E-state index in [9.17, 15) is 16.8 Å². The van der Waals surface area contributed by atoms with Gasteiger partial charge in [0.1, 0.15) is 4.90 Å². The summed E-state index contributed by atoms with van der Waals surface area (Å²) in [6.45, 7) is 3.78. The van der Waals surface area contributed by atoms with Crippen molar-refractivity contribution in [2.45, 2.75) is 23.6 Å². The Morgan fingerprint density at radius 2 is 1.57 bits per heavy atom. The van der Waals surface area contributed by atoms with Crippen molar-refractivity contribution in [3.05, 3.63) is 52.5 Å². The lowest BCUT2D eigenvalue weighted by Crippen LogP contribution is -2.14. The highest BCUT2D eigenvalue weighted by atomic mass is 35.5. The molecular weight excluding hydrogens is 358 g/mol. The van der Waals surface area contributed by atoms with Gasteiger partial charge in [-0.3, -0.25) is 4.72 Å². The third-order valence-corrected chi connectivity index (χ3v) is 6.35. The summed E-state index contributed by atoms with van der Waals surface area (Å²) < 4.78 is 50.6. The SMILES string of the molecule is Cc1ccc(NS(=O)(=O)c2cc(S(C)(=O)=O)ccc2Cl)cc1C. The Morgan fingerprint density at radius 1 is 0.913 bits per heavy atom. The molecule has 0 aliphatic rings. The Morgan fingerprint density at radius 3 is 2.13 bits per heavy atom. The first-order valence-electron chi connectivity index (χ1n) is 6.60. The van der Waals surface area contributed by atoms with E-state index < -0.39 is 19.9 Å². The van der Waals surface area contributed by atoms with Crippen LogP contribution in [0.25, 0.3) is 0 Å². The Kier molecular flexibility index (Phi) is 4.75. The number of anilines is 1. The molecule has 0 atom stereocenters. The van der Waals surface area contributed by atoms with Crippen molar-refractivity contribution in [3.63, 3.8) is 0 Å². The fraction of sp³-hybridized carbons (Fsp3) is 0.200. The second-order valence-electron chi connectivity index (χ2n) is 5.27. The highest BCUT2D eigenvalue weighted by Crippen LogP contribution is 2.27. The highest BCUT2D eigenvalue weighted by Gasteiger charge is 2.21. The van der Waals surface area contributed by atoms with E-state index in [4.69, 9.17) is 11.6 Å². The van der Waals surface area contributed by atoms with Crippen LogP contribution in [0, 0.1) is 13.8 Å². The van der Waals surface area contributed by atoms with Crippen molar-refractivity contribution in [1.82, 2.24) is 0 Å². The van der Waals surface area contributed by atoms with E-state index in [1.807, 2.05) is 13.8 Å². The average Bonchev–Trinajstić information content (AvgIpc) is 2.41. The van der Waals surface area contributed by atoms with Crippen LogP contribution in [0.3, 0.4) is 0 Å². The predicted molar refractivity (Wildman–Crippen MR) is 91.3 cm³/mol. The van der Waals surface area contributed by atoms with Crippen LogP contribution in [0.1, 0.15) is 11.1 Å². The molecule has 0 saturated carbocycles. The summed E-state index contributed by atoms with van der Waals surface area (Å²) in [5, 5.41) is -0.0475. The van der Waals surface area contributed by atoms with Crippen molar-refractivity contribution in [3.8, 4) is 0 Å². The lowest BCUT2D eigenvalue weighted by atomic mass is 10.1. The molecule has 0 aromatic heterocycles. The highest BCUT2D eigenvalue weighted by molar-refractivity contribution is 7.93. The van der Waals surface area contributed by atoms with Gasteiger partial charge in [-0.05, 0) is 55.3 Å². The van der Waals surface area contributed by atoms with Gasteiger partial charge in [-0.25, -0.2) is 16.8 Å². The number of benzene rings is 2. The van der Waals surface area contributed by atoms with Crippen LogP contribution in [0.5, 0.6) is 0 Å². The summed E-state index contributed by atoms with van der Waals surface area (Å²) in [5.41, 5.74) is 2.35. The van der Waals surface area contributed by atoms with Crippen molar-refractivity contribution in [2.75, 3.05) is 11.0 Å². The fourth-order valence-corrected chi connectivity index (χ4v) is 4.23. The van der Waals surface area contributed by atoms with Gasteiger partial charge in [0.15, 0.2) is 9.84 Å². The first-order valence-corrected chi connectivity index (χ1v) is 10.4. The van der Waals surface area contributed by atoms with E-state index in [-0.39, 0.29) is 14.8 Å². The fourth-order valence-electron chi connectivity index (χ4n) is 1.94. The summed E-state index contributed by atoms with van der Waals surface area (Å²) in [7, 11) is -7.54. The van der Waals surface area contributed by atoms with Crippen molar-refractivity contribution in [1.29, 1.82) is 0 Å². The molecule has 0 amide bonds. The minimum absolute atomic E-state index is 0.0475. The zero-order valence-corrected chi connectivity index (χ0v) is 15.2. The predicted octanol–water partition coefficient (Wildman–Crippen LogP) is 3.16. The molecule has 1 N–H and O–H groups in total. The molecule has 124 valence electrons. The van der Waals surface area contributed by atoms with Crippen LogP contribution in [-0.4, -0.2) is 23.1 Å². The van der Waals surface area contributed by atoms with Crippen molar-refractivity contribution < 1.29 is 16.8 Å². The van der Waals surface area contributed by atoms with Crippen LogP contribution in [-0.2, 0) is 19.9 Å². The van der Waals surface area contributed by atoms with Gasteiger partial charge in [-0.2, -0.15) is 0 Å². The summed E-state index contributed by atoms with van der Waals surface area (Å²) in [6.07, 6.45) is 1.00. The van der Waals surface area contributed by atoms with E-state index in [0.717, 1.165) is 23.4 Å². The van der Waals surface area contributed by atoms with E-state index in [1.165, 1.54) is 12.1 Å². The Bertz CT molecular complexity index is 967. The molecule has 2 aromatic carbocycles. The van der Waals surface area contributed by atoms with Gasteiger partial charge in [0.2, 0.25) is 0 Å². The van der Waals surface area contributed by atoms with Crippen LogP contribution in [0.4, 0.5) is 5.69 Å². The zero-order chi connectivity index (χ0) is 17.4. The molecule has 0 fully saturated rings. The molecule has 0 bridgehead atoms. The normalized spacial score (nSPS) is 12.2. The van der Waals surface area contributed by atoms with Gasteiger partial charge in [0.05, 0.1) is 9.92 Å². The van der Waals surface area contributed by atoms with E-state index in [1.54, 1.807) is 18.2 Å². The third-order valence-electron chi connectivity index (χ3n) is 3.38. The summed E-state index contributed by atoms with van der Waals surface area (Å²) in [6, 6.07) is 8.71. The summed E-state index contributed by atoms with van der Waals surface area (Å²) in [4.78, 5) is -0.386. The van der Waals surface area contributed by atoms with Crippen LogP contribution in [0.2, 0.25) is 5.02 Å². The molecule has 0 unspecified atom stereocenters. The third kappa shape index (κ3) is 4.04. The number of hydrogen-bond donors (Lipinski definition) is 1. The van der Waals surface area contributed by atoms with Gasteiger partial charge in [-0.15, -0.1) is 0 Å². The van der Waals surface area contributed by atoms with E-state index >= 15 is 0 Å². The van der Waals surface area contributed by atoms with Gasteiger partial charge >= 0.3 is 0 Å². The summed E-state index contributed by atoms with van der Waals surface area (Å²) >= 11 is 5.94. The van der Waals surface area contributed by atoms with Crippen molar-refractivity contribution >= 4 is 37.1 Å². The molecule has 0 aliphatic heterocycles. The molecule has 2 rings (SSSR count). The lowest BCUT2D eigenvalue weighted by molar-refractivity contribution is 0.600. The van der Waals surface area contributed by atoms with E-state index in [2.05, 4.69) is 4.72 Å². The molecule has 0 saturated heterocycles. The second kappa shape index (κ2) is 6.14. The lowest BCUT2D eigenvalue weighted by Gasteiger charge is -2.12. The maximum atomic E-state index is 12.5. The molecule has 0 heterocycles. The van der Waals surface area contributed by atoms with Gasteiger partial charge in [0.25, 0.3) is 10.0 Å². The number of nitrogens with one attached hydrogen (secondary N) is 1. The standard InChI is InChI=1S/C15H16ClNO4S2/c1-10-4-5-12(8-11(10)2)17-23(20,21)15-9-13(22(3,18)19)6-7-14(15)16/h4-9,17H,1-3H3. The largest absolute Gasteiger partial charge is 0.280 e. The Labute approximate surface area is 141 Å². The monoisotopic (exact) mass is 373 g/mol. The average molecular weight is 374 g/mol. The number of sulfonamides is 1. The van der Waals surface area contributed by atoms with Crippen LogP contribution >= 0.6 is 11.6 Å². The van der Waals surface area contributed by atoms with Crippen LogP contribution in [0.15, 0.2) is 46.2 Å². The Hall–Kier alpha value is -1.57. The molecule has 2 aromatic rings. The molecule has 23 heavy (non-hydrogen) atoms. The number of sulfone groups is 1. The molecular formula is C15H16ClNO4S2. The minimum atomic E-state index is -4.00. The van der Waals surface area contributed by atoms with E-state index in [0.29, 0.717) is 5.69 Å². The first-order chi connectivity index (χ1) is 10.5. The number of rotatable bonds is 4. The maximum absolute atomic E-state index is 12.5. The zero-order valence-electron chi connectivity index (χ0n) is 12.8. The maximum Gasteiger partial charge on any atom is 0.263 e. The Balaban J connectivity index is 2.49. The molecule has 0 radical (unpaired) electrons. The van der Waals surface area contributed by atoms with Gasteiger partial charge in [0, 0.05) is 11.9 Å². The first kappa shape index (κ1) is 17.8. The number of hydrogen-bond acceptors (Lipinski definition) is 4. The number of aryl methyl sites for hydroxylation is 2. The molecule has 0 aliphatic carbocycles. The molecule has 8 heteroatoms. The number of halogens is 1. The topological polar surface area (TPSA) is 80.3 Å². The van der Waals surface area contributed by atoms with Crippen LogP contribution < -0.4 is 4.72 Å².